The van der Waals surface area contributed by atoms with E-state index in [0.29, 0.717) is 11.4 Å². The van der Waals surface area contributed by atoms with Gasteiger partial charge in [0, 0.05) is 30.1 Å². The Morgan fingerprint density at radius 1 is 1.03 bits per heavy atom. The third-order valence-corrected chi connectivity index (χ3v) is 4.69. The first-order valence-electron chi connectivity index (χ1n) is 9.59. The average Bonchev–Trinajstić information content (AvgIpc) is 3.46. The molecule has 2 N–H and O–H groups in total. The zero-order valence-electron chi connectivity index (χ0n) is 16.0. The summed E-state index contributed by atoms with van der Waals surface area (Å²) in [7, 11) is 0. The van der Waals surface area contributed by atoms with Crippen molar-refractivity contribution in [3.05, 3.63) is 66.2 Å². The van der Waals surface area contributed by atoms with Crippen LogP contribution in [0.25, 0.3) is 11.3 Å². The lowest BCUT2D eigenvalue weighted by atomic mass is 10.1. The minimum Gasteiger partial charge on any atom is -0.441 e. The highest BCUT2D eigenvalue weighted by Gasteiger charge is 2.29. The Labute approximate surface area is 171 Å². The van der Waals surface area contributed by atoms with Gasteiger partial charge in [-0.25, -0.2) is 13.8 Å². The van der Waals surface area contributed by atoms with E-state index in [4.69, 9.17) is 4.42 Å². The Hall–Kier alpha value is -3.55. The van der Waals surface area contributed by atoms with Gasteiger partial charge in [-0.3, -0.25) is 9.59 Å². The monoisotopic (exact) mass is 411 g/mol. The molecule has 0 radical (unpaired) electrons. The molecule has 1 heterocycles. The standard InChI is InChI=1S/C22H19F2N3O3/c23-16-5-2-6-17(24)21(16)18-12-25-20(30-18)10-9-19(28)26-14-3-1-4-15(11-14)27-22(29)13-7-8-13/h1-6,11-13H,7-10H2,(H,26,28)(H,27,29). The summed E-state index contributed by atoms with van der Waals surface area (Å²) in [5, 5.41) is 5.57. The minimum atomic E-state index is -0.746. The molecule has 1 fully saturated rings. The summed E-state index contributed by atoms with van der Waals surface area (Å²) in [5.74, 6) is -1.52. The van der Waals surface area contributed by atoms with E-state index in [1.807, 2.05) is 0 Å². The van der Waals surface area contributed by atoms with E-state index in [0.717, 1.165) is 25.0 Å². The van der Waals surface area contributed by atoms with E-state index in [-0.39, 0.29) is 47.8 Å². The Bertz CT molecular complexity index is 1070. The Morgan fingerprint density at radius 2 is 1.70 bits per heavy atom. The number of aromatic nitrogens is 1. The lowest BCUT2D eigenvalue weighted by molar-refractivity contribution is -0.117. The predicted octanol–water partition coefficient (Wildman–Crippen LogP) is 4.54. The number of rotatable bonds is 7. The Balaban J connectivity index is 1.33. The van der Waals surface area contributed by atoms with Crippen molar-refractivity contribution in [2.24, 2.45) is 5.92 Å². The number of hydrogen-bond donors (Lipinski definition) is 2. The molecule has 6 nitrogen and oxygen atoms in total. The fraction of sp³-hybridized carbons (Fsp3) is 0.227. The normalized spacial score (nSPS) is 13.1. The number of hydrogen-bond acceptors (Lipinski definition) is 4. The number of nitrogens with zero attached hydrogens (tertiary/aromatic N) is 1. The first-order chi connectivity index (χ1) is 14.5. The number of aryl methyl sites for hydroxylation is 1. The van der Waals surface area contributed by atoms with Gasteiger partial charge in [-0.2, -0.15) is 0 Å². The largest absolute Gasteiger partial charge is 0.441 e. The quantitative estimate of drug-likeness (QED) is 0.598. The molecule has 0 spiro atoms. The summed E-state index contributed by atoms with van der Waals surface area (Å²) in [4.78, 5) is 28.1. The van der Waals surface area contributed by atoms with Crippen LogP contribution in [0.15, 0.2) is 53.1 Å². The molecule has 0 saturated heterocycles. The van der Waals surface area contributed by atoms with Crippen LogP contribution >= 0.6 is 0 Å². The fourth-order valence-electron chi connectivity index (χ4n) is 2.98. The van der Waals surface area contributed by atoms with Crippen molar-refractivity contribution < 1.29 is 22.8 Å². The van der Waals surface area contributed by atoms with Gasteiger partial charge in [0.15, 0.2) is 11.7 Å². The van der Waals surface area contributed by atoms with E-state index in [1.165, 1.54) is 12.3 Å². The second-order valence-corrected chi connectivity index (χ2v) is 7.11. The number of nitrogens with one attached hydrogen (secondary N) is 2. The number of oxazole rings is 1. The highest BCUT2D eigenvalue weighted by molar-refractivity contribution is 5.95. The summed E-state index contributed by atoms with van der Waals surface area (Å²) in [5.41, 5.74) is 0.884. The van der Waals surface area contributed by atoms with Gasteiger partial charge in [-0.05, 0) is 43.2 Å². The molecule has 2 amide bonds. The molecule has 1 saturated carbocycles. The second-order valence-electron chi connectivity index (χ2n) is 7.11. The number of carbonyl (C=O) groups excluding carboxylic acids is 2. The number of halogens is 2. The SMILES string of the molecule is O=C(CCc1ncc(-c2c(F)cccc2F)o1)Nc1cccc(NC(=O)C2CC2)c1. The number of carbonyl (C=O) groups is 2. The van der Waals surface area contributed by atoms with E-state index in [9.17, 15) is 18.4 Å². The molecule has 0 bridgehead atoms. The lowest BCUT2D eigenvalue weighted by Gasteiger charge is -2.08. The topological polar surface area (TPSA) is 84.2 Å². The van der Waals surface area contributed by atoms with Crippen LogP contribution in [-0.2, 0) is 16.0 Å². The van der Waals surface area contributed by atoms with Crippen LogP contribution in [0.3, 0.4) is 0 Å². The van der Waals surface area contributed by atoms with E-state index in [1.54, 1.807) is 24.3 Å². The van der Waals surface area contributed by atoms with Crippen LogP contribution in [0.4, 0.5) is 20.2 Å². The van der Waals surface area contributed by atoms with E-state index >= 15 is 0 Å². The molecule has 1 aliphatic carbocycles. The van der Waals surface area contributed by atoms with Gasteiger partial charge in [0.2, 0.25) is 11.8 Å². The maximum absolute atomic E-state index is 13.8. The number of benzene rings is 2. The van der Waals surface area contributed by atoms with Crippen molar-refractivity contribution in [3.63, 3.8) is 0 Å². The molecule has 1 aromatic heterocycles. The summed E-state index contributed by atoms with van der Waals surface area (Å²) >= 11 is 0. The van der Waals surface area contributed by atoms with E-state index < -0.39 is 11.6 Å². The molecule has 154 valence electrons. The molecule has 30 heavy (non-hydrogen) atoms. The zero-order chi connectivity index (χ0) is 21.1. The van der Waals surface area contributed by atoms with Gasteiger partial charge >= 0.3 is 0 Å². The smallest absolute Gasteiger partial charge is 0.227 e. The zero-order valence-corrected chi connectivity index (χ0v) is 16.0. The summed E-state index contributed by atoms with van der Waals surface area (Å²) in [6.07, 6.45) is 3.29. The van der Waals surface area contributed by atoms with Gasteiger partial charge < -0.3 is 15.1 Å². The predicted molar refractivity (Wildman–Crippen MR) is 107 cm³/mol. The Morgan fingerprint density at radius 3 is 2.40 bits per heavy atom. The third-order valence-electron chi connectivity index (χ3n) is 4.69. The molecule has 2 aromatic carbocycles. The highest BCUT2D eigenvalue weighted by atomic mass is 19.1. The molecular formula is C22H19F2N3O3. The van der Waals surface area contributed by atoms with Gasteiger partial charge in [-0.1, -0.05) is 12.1 Å². The van der Waals surface area contributed by atoms with Crippen molar-refractivity contribution in [2.45, 2.75) is 25.7 Å². The maximum Gasteiger partial charge on any atom is 0.227 e. The van der Waals surface area contributed by atoms with Crippen LogP contribution in [0, 0.1) is 17.6 Å². The highest BCUT2D eigenvalue weighted by Crippen LogP contribution is 2.30. The van der Waals surface area contributed by atoms with Crippen LogP contribution in [0.2, 0.25) is 0 Å². The van der Waals surface area contributed by atoms with Gasteiger partial charge in [-0.15, -0.1) is 0 Å². The van der Waals surface area contributed by atoms with Crippen molar-refractivity contribution in [2.75, 3.05) is 10.6 Å². The summed E-state index contributed by atoms with van der Waals surface area (Å²) in [6, 6.07) is 10.4. The molecular weight excluding hydrogens is 392 g/mol. The maximum atomic E-state index is 13.8. The molecule has 0 unspecified atom stereocenters. The Kier molecular flexibility index (Phi) is 5.56. The third kappa shape index (κ3) is 4.71. The summed E-state index contributed by atoms with van der Waals surface area (Å²) < 4.78 is 33.1. The number of anilines is 2. The van der Waals surface area contributed by atoms with Gasteiger partial charge in [0.05, 0.1) is 11.8 Å². The van der Waals surface area contributed by atoms with Crippen LogP contribution < -0.4 is 10.6 Å². The minimum absolute atomic E-state index is 0.00976. The van der Waals surface area contributed by atoms with Crippen molar-refractivity contribution in [1.29, 1.82) is 0 Å². The number of amides is 2. The first kappa shape index (κ1) is 19.8. The average molecular weight is 411 g/mol. The van der Waals surface area contributed by atoms with Gasteiger partial charge in [0.1, 0.15) is 11.6 Å². The molecule has 0 atom stereocenters. The molecule has 0 aliphatic heterocycles. The second kappa shape index (κ2) is 8.44. The van der Waals surface area contributed by atoms with Crippen LogP contribution in [0.5, 0.6) is 0 Å². The van der Waals surface area contributed by atoms with Crippen LogP contribution in [0.1, 0.15) is 25.2 Å². The lowest BCUT2D eigenvalue weighted by Crippen LogP contribution is -2.15. The van der Waals surface area contributed by atoms with Crippen molar-refractivity contribution >= 4 is 23.2 Å². The van der Waals surface area contributed by atoms with Crippen LogP contribution in [-0.4, -0.2) is 16.8 Å². The van der Waals surface area contributed by atoms with E-state index in [2.05, 4.69) is 15.6 Å². The summed E-state index contributed by atoms with van der Waals surface area (Å²) in [6.45, 7) is 0. The molecule has 1 aliphatic rings. The first-order valence-corrected chi connectivity index (χ1v) is 9.59. The molecule has 4 rings (SSSR count). The molecule has 3 aromatic rings. The van der Waals surface area contributed by atoms with Gasteiger partial charge in [0.25, 0.3) is 0 Å². The van der Waals surface area contributed by atoms with Crippen molar-refractivity contribution in [1.82, 2.24) is 4.98 Å². The fourth-order valence-corrected chi connectivity index (χ4v) is 2.98. The molecule has 8 heteroatoms. The van der Waals surface area contributed by atoms with Crippen molar-refractivity contribution in [3.8, 4) is 11.3 Å².